The molecule has 0 fully saturated rings. The zero-order valence-corrected chi connectivity index (χ0v) is 9.75. The summed E-state index contributed by atoms with van der Waals surface area (Å²) in [6, 6.07) is 10.8. The minimum absolute atomic E-state index is 0.126. The van der Waals surface area contributed by atoms with Gasteiger partial charge in [0.05, 0.1) is 5.56 Å². The Kier molecular flexibility index (Phi) is 3.74. The number of para-hydroxylation sites is 1. The second-order valence-electron chi connectivity index (χ2n) is 3.91. The van der Waals surface area contributed by atoms with Crippen LogP contribution in [0, 0.1) is 5.82 Å². The molecule has 19 heavy (non-hydrogen) atoms. The molecule has 2 aromatic rings. The van der Waals surface area contributed by atoms with Crippen molar-refractivity contribution in [3.8, 4) is 5.75 Å². The van der Waals surface area contributed by atoms with Crippen LogP contribution in [0.15, 0.2) is 48.5 Å². The van der Waals surface area contributed by atoms with Gasteiger partial charge < -0.3 is 4.74 Å². The van der Waals surface area contributed by atoms with Crippen LogP contribution in [-0.2, 0) is 12.8 Å². The van der Waals surface area contributed by atoms with Crippen LogP contribution in [0.1, 0.15) is 11.1 Å². The maximum atomic E-state index is 13.4. The summed E-state index contributed by atoms with van der Waals surface area (Å²) in [4.78, 5) is 0. The smallest absolute Gasteiger partial charge is 0.416 e. The van der Waals surface area contributed by atoms with Gasteiger partial charge in [0.1, 0.15) is 18.2 Å². The summed E-state index contributed by atoms with van der Waals surface area (Å²) >= 11 is 0. The fraction of sp³-hybridized carbons (Fsp3) is 0.143. The molecule has 0 unspecified atom stereocenters. The van der Waals surface area contributed by atoms with Crippen molar-refractivity contribution < 1.29 is 22.3 Å². The van der Waals surface area contributed by atoms with Crippen LogP contribution in [0.3, 0.4) is 0 Å². The second kappa shape index (κ2) is 5.30. The minimum atomic E-state index is -4.49. The van der Waals surface area contributed by atoms with E-state index in [2.05, 4.69) is 0 Å². The molecule has 0 N–H and O–H groups in total. The molecular weight excluding hydrogens is 260 g/mol. The molecule has 0 spiro atoms. The van der Waals surface area contributed by atoms with Crippen molar-refractivity contribution in [3.63, 3.8) is 0 Å². The summed E-state index contributed by atoms with van der Waals surface area (Å²) in [5.41, 5.74) is -1.01. The van der Waals surface area contributed by atoms with Crippen molar-refractivity contribution in [3.05, 3.63) is 65.5 Å². The quantitative estimate of drug-likeness (QED) is 0.750. The summed E-state index contributed by atoms with van der Waals surface area (Å²) in [7, 11) is 0. The summed E-state index contributed by atoms with van der Waals surface area (Å²) in [6.07, 6.45) is -4.49. The van der Waals surface area contributed by atoms with Crippen molar-refractivity contribution in [1.82, 2.24) is 0 Å². The third-order valence-electron chi connectivity index (χ3n) is 2.51. The maximum Gasteiger partial charge on any atom is 0.416 e. The Labute approximate surface area is 107 Å². The van der Waals surface area contributed by atoms with Crippen molar-refractivity contribution in [2.45, 2.75) is 12.8 Å². The SMILES string of the molecule is Fc1ccc(C(F)(F)F)cc1COc1ccccc1. The Hall–Kier alpha value is -2.04. The van der Waals surface area contributed by atoms with Crippen molar-refractivity contribution in [2.24, 2.45) is 0 Å². The number of hydrogen-bond donors (Lipinski definition) is 0. The van der Waals surface area contributed by atoms with Gasteiger partial charge in [0, 0.05) is 5.56 Å². The zero-order chi connectivity index (χ0) is 13.9. The molecule has 0 saturated carbocycles. The number of alkyl halides is 3. The number of halogens is 4. The molecule has 0 aliphatic heterocycles. The number of hydrogen-bond acceptors (Lipinski definition) is 1. The van der Waals surface area contributed by atoms with E-state index in [-0.39, 0.29) is 12.2 Å². The highest BCUT2D eigenvalue weighted by molar-refractivity contribution is 5.28. The lowest BCUT2D eigenvalue weighted by atomic mass is 10.1. The average molecular weight is 270 g/mol. The van der Waals surface area contributed by atoms with Crippen LogP contribution in [0.2, 0.25) is 0 Å². The largest absolute Gasteiger partial charge is 0.489 e. The van der Waals surface area contributed by atoms with Crippen molar-refractivity contribution in [2.75, 3.05) is 0 Å². The van der Waals surface area contributed by atoms with E-state index in [0.717, 1.165) is 12.1 Å². The maximum absolute atomic E-state index is 13.4. The van der Waals surface area contributed by atoms with E-state index in [4.69, 9.17) is 4.74 Å². The minimum Gasteiger partial charge on any atom is -0.489 e. The molecule has 0 aliphatic carbocycles. The Balaban J connectivity index is 2.16. The van der Waals surface area contributed by atoms with Gasteiger partial charge in [0.15, 0.2) is 0 Å². The lowest BCUT2D eigenvalue weighted by Gasteiger charge is -2.11. The van der Waals surface area contributed by atoms with Gasteiger partial charge >= 0.3 is 6.18 Å². The highest BCUT2D eigenvalue weighted by Gasteiger charge is 2.31. The first-order valence-corrected chi connectivity index (χ1v) is 5.50. The summed E-state index contributed by atoms with van der Waals surface area (Å²) < 4.78 is 56.1. The van der Waals surface area contributed by atoms with Crippen LogP contribution in [0.5, 0.6) is 5.75 Å². The molecule has 0 atom stereocenters. The van der Waals surface area contributed by atoms with E-state index in [9.17, 15) is 17.6 Å². The van der Waals surface area contributed by atoms with E-state index >= 15 is 0 Å². The van der Waals surface area contributed by atoms with Gasteiger partial charge in [-0.15, -0.1) is 0 Å². The predicted molar refractivity (Wildman–Crippen MR) is 62.2 cm³/mol. The average Bonchev–Trinajstić information content (AvgIpc) is 2.37. The molecule has 2 rings (SSSR count). The van der Waals surface area contributed by atoms with Gasteiger partial charge in [-0.1, -0.05) is 18.2 Å². The van der Waals surface area contributed by atoms with Gasteiger partial charge in [-0.25, -0.2) is 4.39 Å². The van der Waals surface area contributed by atoms with Crippen LogP contribution >= 0.6 is 0 Å². The summed E-state index contributed by atoms with van der Waals surface area (Å²) in [6.45, 7) is -0.250. The molecule has 0 bridgehead atoms. The third-order valence-corrected chi connectivity index (χ3v) is 2.51. The van der Waals surface area contributed by atoms with Crippen molar-refractivity contribution in [1.29, 1.82) is 0 Å². The number of rotatable bonds is 3. The summed E-state index contributed by atoms with van der Waals surface area (Å²) in [5.74, 6) is -0.247. The van der Waals surface area contributed by atoms with E-state index in [1.54, 1.807) is 30.3 Å². The number of benzene rings is 2. The lowest BCUT2D eigenvalue weighted by Crippen LogP contribution is -2.07. The monoisotopic (exact) mass is 270 g/mol. The Bertz CT molecular complexity index is 549. The van der Waals surface area contributed by atoms with Crippen molar-refractivity contribution >= 4 is 0 Å². The van der Waals surface area contributed by atoms with Gasteiger partial charge in [0.25, 0.3) is 0 Å². The molecule has 0 heterocycles. The standard InChI is InChI=1S/C14H10F4O/c15-13-7-6-11(14(16,17)18)8-10(13)9-19-12-4-2-1-3-5-12/h1-8H,9H2. The molecule has 5 heteroatoms. The van der Waals surface area contributed by atoms with Gasteiger partial charge in [-0.05, 0) is 30.3 Å². The van der Waals surface area contributed by atoms with E-state index in [1.165, 1.54) is 0 Å². The van der Waals surface area contributed by atoms with E-state index in [1.807, 2.05) is 0 Å². The Morgan fingerprint density at radius 3 is 2.26 bits per heavy atom. The lowest BCUT2D eigenvalue weighted by molar-refractivity contribution is -0.137. The zero-order valence-electron chi connectivity index (χ0n) is 9.75. The van der Waals surface area contributed by atoms with Crippen LogP contribution < -0.4 is 4.74 Å². The Morgan fingerprint density at radius 1 is 0.947 bits per heavy atom. The highest BCUT2D eigenvalue weighted by atomic mass is 19.4. The Morgan fingerprint density at radius 2 is 1.63 bits per heavy atom. The predicted octanol–water partition coefficient (Wildman–Crippen LogP) is 4.42. The van der Waals surface area contributed by atoms with E-state index in [0.29, 0.717) is 11.8 Å². The summed E-state index contributed by atoms with van der Waals surface area (Å²) in [5, 5.41) is 0. The second-order valence-corrected chi connectivity index (χ2v) is 3.91. The molecule has 0 aromatic heterocycles. The number of ether oxygens (including phenoxy) is 1. The van der Waals surface area contributed by atoms with Crippen LogP contribution in [-0.4, -0.2) is 0 Å². The topological polar surface area (TPSA) is 9.23 Å². The fourth-order valence-corrected chi connectivity index (χ4v) is 1.54. The first kappa shape index (κ1) is 13.4. The van der Waals surface area contributed by atoms with Gasteiger partial charge in [-0.2, -0.15) is 13.2 Å². The van der Waals surface area contributed by atoms with Crippen LogP contribution in [0.25, 0.3) is 0 Å². The molecule has 0 radical (unpaired) electrons. The molecule has 0 aliphatic rings. The molecule has 0 amide bonds. The fourth-order valence-electron chi connectivity index (χ4n) is 1.54. The first-order valence-electron chi connectivity index (χ1n) is 5.50. The van der Waals surface area contributed by atoms with E-state index < -0.39 is 17.6 Å². The molecule has 0 saturated heterocycles. The van der Waals surface area contributed by atoms with Gasteiger partial charge in [-0.3, -0.25) is 0 Å². The molecule has 1 nitrogen and oxygen atoms in total. The van der Waals surface area contributed by atoms with Crippen LogP contribution in [0.4, 0.5) is 17.6 Å². The normalized spacial score (nSPS) is 11.4. The first-order chi connectivity index (χ1) is 8.97. The highest BCUT2D eigenvalue weighted by Crippen LogP contribution is 2.30. The molecule has 100 valence electrons. The molecule has 2 aromatic carbocycles. The third kappa shape index (κ3) is 3.47. The van der Waals surface area contributed by atoms with Gasteiger partial charge in [0.2, 0.25) is 0 Å². The molecular formula is C14H10F4O.